The first kappa shape index (κ1) is 15.0. The summed E-state index contributed by atoms with van der Waals surface area (Å²) in [5, 5.41) is 3.17. The minimum absolute atomic E-state index is 0.0421. The smallest absolute Gasteiger partial charge is 0.350 e. The van der Waals surface area contributed by atoms with Gasteiger partial charge in [0.05, 0.1) is 6.61 Å². The van der Waals surface area contributed by atoms with E-state index in [1.54, 1.807) is 6.07 Å². The quantitative estimate of drug-likeness (QED) is 0.390. The van der Waals surface area contributed by atoms with Gasteiger partial charge in [-0.1, -0.05) is 0 Å². The summed E-state index contributed by atoms with van der Waals surface area (Å²) in [6, 6.07) is 2.06. The first-order chi connectivity index (χ1) is 9.42. The van der Waals surface area contributed by atoms with E-state index in [0.29, 0.717) is 17.7 Å². The van der Waals surface area contributed by atoms with Crippen LogP contribution in [0.2, 0.25) is 0 Å². The van der Waals surface area contributed by atoms with Gasteiger partial charge in [-0.2, -0.15) is 9.97 Å². The lowest BCUT2D eigenvalue weighted by molar-refractivity contribution is 0.118. The van der Waals surface area contributed by atoms with E-state index in [1.165, 1.54) is 0 Å². The summed E-state index contributed by atoms with van der Waals surface area (Å²) in [6.07, 6.45) is 1.59. The summed E-state index contributed by atoms with van der Waals surface area (Å²) in [6.45, 7) is 0.153. The topological polar surface area (TPSA) is 140 Å². The zero-order chi connectivity index (χ0) is 14.6. The van der Waals surface area contributed by atoms with Crippen molar-refractivity contribution in [2.75, 3.05) is 30.6 Å². The van der Waals surface area contributed by atoms with Gasteiger partial charge >= 0.3 is 7.60 Å². The second-order valence-electron chi connectivity index (χ2n) is 4.42. The van der Waals surface area contributed by atoms with E-state index < -0.39 is 13.9 Å². The molecule has 0 spiro atoms. The van der Waals surface area contributed by atoms with E-state index in [0.717, 1.165) is 12.8 Å². The zero-order valence-corrected chi connectivity index (χ0v) is 11.6. The highest BCUT2D eigenvalue weighted by Crippen LogP contribution is 2.33. The standard InChI is InChI=1S/C10H17N4O5P/c11-10-13-8(12-7-1-2-7)5-9(14-10)19-4-3-18-6-20(15,16)17/h5,7H,1-4,6H2,(H2,15,16,17)(H3,11,12,13,14). The molecule has 0 bridgehead atoms. The number of hydrogen-bond acceptors (Lipinski definition) is 7. The lowest BCUT2D eigenvalue weighted by atomic mass is 10.5. The number of nitrogens with zero attached hydrogens (tertiary/aromatic N) is 2. The molecule has 0 atom stereocenters. The predicted molar refractivity (Wildman–Crippen MR) is 71.4 cm³/mol. The molecule has 1 heterocycles. The summed E-state index contributed by atoms with van der Waals surface area (Å²) in [7, 11) is -4.14. The van der Waals surface area contributed by atoms with Crippen molar-refractivity contribution in [1.82, 2.24) is 9.97 Å². The van der Waals surface area contributed by atoms with E-state index in [4.69, 9.17) is 25.0 Å². The van der Waals surface area contributed by atoms with Crippen molar-refractivity contribution in [2.45, 2.75) is 18.9 Å². The van der Waals surface area contributed by atoms with E-state index in [-0.39, 0.29) is 19.2 Å². The number of anilines is 2. The minimum atomic E-state index is -4.14. The Morgan fingerprint density at radius 3 is 2.80 bits per heavy atom. The van der Waals surface area contributed by atoms with Crippen molar-refractivity contribution >= 4 is 19.4 Å². The summed E-state index contributed by atoms with van der Waals surface area (Å²) in [5.41, 5.74) is 5.57. The van der Waals surface area contributed by atoms with Crippen LogP contribution in [0.1, 0.15) is 12.8 Å². The van der Waals surface area contributed by atoms with Crippen molar-refractivity contribution in [2.24, 2.45) is 0 Å². The molecule has 2 rings (SSSR count). The third kappa shape index (κ3) is 5.70. The number of nitrogens with one attached hydrogen (secondary N) is 1. The van der Waals surface area contributed by atoms with E-state index in [2.05, 4.69) is 15.3 Å². The van der Waals surface area contributed by atoms with Crippen molar-refractivity contribution in [3.8, 4) is 5.88 Å². The van der Waals surface area contributed by atoms with Gasteiger partial charge < -0.3 is 30.3 Å². The predicted octanol–water partition coefficient (Wildman–Crippen LogP) is 0.164. The van der Waals surface area contributed by atoms with E-state index >= 15 is 0 Å². The van der Waals surface area contributed by atoms with Crippen LogP contribution in [-0.4, -0.2) is 45.4 Å². The lowest BCUT2D eigenvalue weighted by Crippen LogP contribution is -2.11. The molecule has 0 unspecified atom stereocenters. The van der Waals surface area contributed by atoms with Crippen molar-refractivity contribution in [1.29, 1.82) is 0 Å². The fraction of sp³-hybridized carbons (Fsp3) is 0.600. The maximum atomic E-state index is 10.5. The molecule has 0 aromatic carbocycles. The van der Waals surface area contributed by atoms with Gasteiger partial charge in [0, 0.05) is 12.1 Å². The summed E-state index contributed by atoms with van der Waals surface area (Å²) < 4.78 is 20.6. The van der Waals surface area contributed by atoms with E-state index in [9.17, 15) is 4.57 Å². The Kier molecular flexibility index (Phi) is 4.77. The summed E-state index contributed by atoms with van der Waals surface area (Å²) in [5.74, 6) is 0.994. The first-order valence-electron chi connectivity index (χ1n) is 6.08. The molecule has 9 nitrogen and oxygen atoms in total. The fourth-order valence-electron chi connectivity index (χ4n) is 1.42. The van der Waals surface area contributed by atoms with Crippen LogP contribution >= 0.6 is 7.60 Å². The minimum Gasteiger partial charge on any atom is -0.475 e. The summed E-state index contributed by atoms with van der Waals surface area (Å²) >= 11 is 0. The summed E-state index contributed by atoms with van der Waals surface area (Å²) in [4.78, 5) is 25.1. The van der Waals surface area contributed by atoms with Crippen LogP contribution in [0.4, 0.5) is 11.8 Å². The molecule has 1 aliphatic carbocycles. The molecule has 0 aliphatic heterocycles. The third-order valence-corrected chi connectivity index (χ3v) is 2.91. The van der Waals surface area contributed by atoms with Gasteiger partial charge in [0.25, 0.3) is 0 Å². The molecule has 5 N–H and O–H groups in total. The SMILES string of the molecule is Nc1nc(NC2CC2)cc(OCCOCP(=O)(O)O)n1. The molecular weight excluding hydrogens is 287 g/mol. The molecule has 1 saturated carbocycles. The molecule has 1 fully saturated rings. The van der Waals surface area contributed by atoms with Gasteiger partial charge in [-0.3, -0.25) is 4.57 Å². The number of aromatic nitrogens is 2. The Morgan fingerprint density at radius 1 is 1.40 bits per heavy atom. The van der Waals surface area contributed by atoms with Gasteiger partial charge in [-0.05, 0) is 12.8 Å². The number of nitrogens with two attached hydrogens (primary N) is 1. The first-order valence-corrected chi connectivity index (χ1v) is 7.88. The monoisotopic (exact) mass is 304 g/mol. The van der Waals surface area contributed by atoms with Gasteiger partial charge in [0.2, 0.25) is 11.8 Å². The normalized spacial score (nSPS) is 15.1. The Hall–Kier alpha value is -1.41. The second kappa shape index (κ2) is 6.36. The molecule has 10 heteroatoms. The molecule has 20 heavy (non-hydrogen) atoms. The number of hydrogen-bond donors (Lipinski definition) is 4. The van der Waals surface area contributed by atoms with Crippen molar-refractivity contribution < 1.29 is 23.8 Å². The Morgan fingerprint density at radius 2 is 2.15 bits per heavy atom. The van der Waals surface area contributed by atoms with Crippen molar-refractivity contribution in [3.05, 3.63) is 6.07 Å². The molecule has 0 amide bonds. The number of rotatable bonds is 8. The molecular formula is C10H17N4O5P. The maximum absolute atomic E-state index is 10.5. The van der Waals surface area contributed by atoms with Crippen LogP contribution < -0.4 is 15.8 Å². The molecule has 1 aromatic heterocycles. The van der Waals surface area contributed by atoms with Crippen molar-refractivity contribution in [3.63, 3.8) is 0 Å². The van der Waals surface area contributed by atoms with Crippen LogP contribution in [0.5, 0.6) is 5.88 Å². The molecule has 112 valence electrons. The highest BCUT2D eigenvalue weighted by Gasteiger charge is 2.21. The molecule has 0 radical (unpaired) electrons. The van der Waals surface area contributed by atoms with Crippen LogP contribution in [0.25, 0.3) is 0 Å². The Labute approximate surface area is 115 Å². The van der Waals surface area contributed by atoms with Gasteiger partial charge in [0.15, 0.2) is 0 Å². The average molecular weight is 304 g/mol. The van der Waals surface area contributed by atoms with Crippen LogP contribution in [-0.2, 0) is 9.30 Å². The fourth-order valence-corrected chi connectivity index (χ4v) is 1.78. The van der Waals surface area contributed by atoms with Crippen LogP contribution in [0, 0.1) is 0 Å². The third-order valence-electron chi connectivity index (χ3n) is 2.39. The van der Waals surface area contributed by atoms with Gasteiger partial charge in [-0.25, -0.2) is 0 Å². The van der Waals surface area contributed by atoms with E-state index in [1.807, 2.05) is 0 Å². The number of nitrogen functional groups attached to an aromatic ring is 1. The maximum Gasteiger partial charge on any atom is 0.350 e. The average Bonchev–Trinajstić information content (AvgIpc) is 3.10. The van der Waals surface area contributed by atoms with Gasteiger partial charge in [0.1, 0.15) is 18.8 Å². The zero-order valence-electron chi connectivity index (χ0n) is 10.7. The molecule has 0 saturated heterocycles. The second-order valence-corrected chi connectivity index (χ2v) is 6.01. The Bertz CT molecular complexity index is 504. The lowest BCUT2D eigenvalue weighted by Gasteiger charge is -2.09. The molecule has 1 aliphatic rings. The van der Waals surface area contributed by atoms with Gasteiger partial charge in [-0.15, -0.1) is 0 Å². The molecule has 1 aromatic rings. The highest BCUT2D eigenvalue weighted by molar-refractivity contribution is 7.51. The van der Waals surface area contributed by atoms with Crippen LogP contribution in [0.3, 0.4) is 0 Å². The highest BCUT2D eigenvalue weighted by atomic mass is 31.2. The largest absolute Gasteiger partial charge is 0.475 e. The Balaban J connectivity index is 1.77. The van der Waals surface area contributed by atoms with Crippen LogP contribution in [0.15, 0.2) is 6.07 Å². The number of ether oxygens (including phenoxy) is 2.